The van der Waals surface area contributed by atoms with E-state index in [1.165, 1.54) is 19.3 Å². The Morgan fingerprint density at radius 1 is 1.27 bits per heavy atom. The smallest absolute Gasteiger partial charge is 0.254 e. The maximum Gasteiger partial charge on any atom is 0.254 e. The number of carbonyl (C=O) groups excluding carboxylic acids is 1. The van der Waals surface area contributed by atoms with E-state index in [0.29, 0.717) is 23.6 Å². The predicted octanol–water partition coefficient (Wildman–Crippen LogP) is 3.81. The zero-order valence-corrected chi connectivity index (χ0v) is 13.5. The van der Waals surface area contributed by atoms with Crippen molar-refractivity contribution < 1.29 is 9.53 Å². The first kappa shape index (κ1) is 15.3. The molecule has 22 heavy (non-hydrogen) atoms. The van der Waals surface area contributed by atoms with Crippen LogP contribution in [0.2, 0.25) is 0 Å². The molecule has 0 aromatic carbocycles. The molecule has 0 spiro atoms. The van der Waals surface area contributed by atoms with Gasteiger partial charge in [0.25, 0.3) is 5.91 Å². The molecule has 0 unspecified atom stereocenters. The van der Waals surface area contributed by atoms with Crippen molar-refractivity contribution >= 4 is 5.91 Å². The molecule has 0 bridgehead atoms. The van der Waals surface area contributed by atoms with Crippen LogP contribution in [0.5, 0.6) is 5.88 Å². The molecule has 4 nitrogen and oxygen atoms in total. The van der Waals surface area contributed by atoms with E-state index in [0.717, 1.165) is 38.6 Å². The summed E-state index contributed by atoms with van der Waals surface area (Å²) >= 11 is 0. The maximum absolute atomic E-state index is 12.9. The van der Waals surface area contributed by atoms with E-state index in [2.05, 4.69) is 16.8 Å². The maximum atomic E-state index is 12.9. The molecule has 0 radical (unpaired) electrons. The number of carbonyl (C=O) groups is 1. The van der Waals surface area contributed by atoms with Crippen LogP contribution in [-0.4, -0.2) is 34.5 Å². The normalized spacial score (nSPS) is 22.8. The lowest BCUT2D eigenvalue weighted by molar-refractivity contribution is 0.0675. The van der Waals surface area contributed by atoms with E-state index < -0.39 is 0 Å². The van der Waals surface area contributed by atoms with Crippen molar-refractivity contribution in [1.29, 1.82) is 0 Å². The van der Waals surface area contributed by atoms with E-state index in [9.17, 15) is 4.79 Å². The Balaban J connectivity index is 1.73. The molecule has 2 heterocycles. The summed E-state index contributed by atoms with van der Waals surface area (Å²) in [5.74, 6) is 0.730. The van der Waals surface area contributed by atoms with Gasteiger partial charge in [0.1, 0.15) is 6.10 Å². The summed E-state index contributed by atoms with van der Waals surface area (Å²) in [7, 11) is 0. The van der Waals surface area contributed by atoms with Gasteiger partial charge in [0.05, 0.1) is 0 Å². The number of rotatable bonds is 4. The van der Waals surface area contributed by atoms with Gasteiger partial charge in [-0.15, -0.1) is 0 Å². The monoisotopic (exact) mass is 302 g/mol. The van der Waals surface area contributed by atoms with Crippen LogP contribution in [0.25, 0.3) is 0 Å². The number of amides is 1. The van der Waals surface area contributed by atoms with Crippen LogP contribution in [-0.2, 0) is 0 Å². The highest BCUT2D eigenvalue weighted by Gasteiger charge is 2.26. The second kappa shape index (κ2) is 7.12. The summed E-state index contributed by atoms with van der Waals surface area (Å²) in [5, 5.41) is 0. The quantitative estimate of drug-likeness (QED) is 0.849. The van der Waals surface area contributed by atoms with Gasteiger partial charge in [0, 0.05) is 30.4 Å². The van der Waals surface area contributed by atoms with E-state index in [1.807, 2.05) is 12.1 Å². The summed E-state index contributed by atoms with van der Waals surface area (Å²) in [6.45, 7) is 3.05. The van der Waals surface area contributed by atoms with Crippen molar-refractivity contribution in [2.24, 2.45) is 0 Å². The SMILES string of the molecule is CC[C@H]1CCCCCN1C(=O)c1ccnc(OC2CCC2)c1. The van der Waals surface area contributed by atoms with E-state index in [-0.39, 0.29) is 5.91 Å². The Kier molecular flexibility index (Phi) is 4.96. The fraction of sp³-hybridized carbons (Fsp3) is 0.667. The second-order valence-electron chi connectivity index (χ2n) is 6.46. The van der Waals surface area contributed by atoms with Crippen LogP contribution in [0.15, 0.2) is 18.3 Å². The van der Waals surface area contributed by atoms with Crippen LogP contribution in [0, 0.1) is 0 Å². The average Bonchev–Trinajstić information content (AvgIpc) is 2.75. The molecule has 1 aromatic heterocycles. The molecule has 1 aromatic rings. The Hall–Kier alpha value is -1.58. The second-order valence-corrected chi connectivity index (χ2v) is 6.46. The summed E-state index contributed by atoms with van der Waals surface area (Å²) < 4.78 is 5.82. The molecule has 2 aliphatic rings. The summed E-state index contributed by atoms with van der Waals surface area (Å²) in [5.41, 5.74) is 0.713. The molecule has 3 rings (SSSR count). The lowest BCUT2D eigenvalue weighted by Gasteiger charge is -2.30. The van der Waals surface area contributed by atoms with Crippen LogP contribution in [0.4, 0.5) is 0 Å². The number of hydrogen-bond donors (Lipinski definition) is 0. The highest BCUT2D eigenvalue weighted by molar-refractivity contribution is 5.94. The fourth-order valence-electron chi connectivity index (χ4n) is 3.30. The Morgan fingerprint density at radius 2 is 2.14 bits per heavy atom. The molecule has 1 saturated carbocycles. The number of hydrogen-bond acceptors (Lipinski definition) is 3. The number of likely N-dealkylation sites (tertiary alicyclic amines) is 1. The van der Waals surface area contributed by atoms with Gasteiger partial charge in [-0.25, -0.2) is 4.98 Å². The molecule has 120 valence electrons. The minimum absolute atomic E-state index is 0.134. The van der Waals surface area contributed by atoms with Crippen LogP contribution in [0.1, 0.15) is 68.6 Å². The van der Waals surface area contributed by atoms with E-state index >= 15 is 0 Å². The van der Waals surface area contributed by atoms with Crippen molar-refractivity contribution in [2.45, 2.75) is 70.4 Å². The van der Waals surface area contributed by atoms with Gasteiger partial charge >= 0.3 is 0 Å². The lowest BCUT2D eigenvalue weighted by atomic mass is 9.96. The Morgan fingerprint density at radius 3 is 2.86 bits per heavy atom. The van der Waals surface area contributed by atoms with Crippen molar-refractivity contribution in [3.05, 3.63) is 23.9 Å². The third-order valence-electron chi connectivity index (χ3n) is 4.93. The first-order valence-corrected chi connectivity index (χ1v) is 8.71. The van der Waals surface area contributed by atoms with Crippen molar-refractivity contribution in [3.8, 4) is 5.88 Å². The molecule has 0 N–H and O–H groups in total. The van der Waals surface area contributed by atoms with Crippen LogP contribution >= 0.6 is 0 Å². The zero-order valence-electron chi connectivity index (χ0n) is 13.5. The minimum atomic E-state index is 0.134. The van der Waals surface area contributed by atoms with Gasteiger partial charge in [-0.1, -0.05) is 19.8 Å². The summed E-state index contributed by atoms with van der Waals surface area (Å²) in [6, 6.07) is 4.01. The average molecular weight is 302 g/mol. The topological polar surface area (TPSA) is 42.4 Å². The van der Waals surface area contributed by atoms with Crippen molar-refractivity contribution in [1.82, 2.24) is 9.88 Å². The lowest BCUT2D eigenvalue weighted by Crippen LogP contribution is -2.39. The molecule has 1 aliphatic heterocycles. The third-order valence-corrected chi connectivity index (χ3v) is 4.93. The van der Waals surface area contributed by atoms with Gasteiger partial charge in [0.2, 0.25) is 5.88 Å². The molecule has 1 saturated heterocycles. The van der Waals surface area contributed by atoms with Gasteiger partial charge < -0.3 is 9.64 Å². The number of nitrogens with zero attached hydrogens (tertiary/aromatic N) is 2. The standard InChI is InChI=1S/C18H26N2O2/c1-2-15-7-4-3-5-12-20(15)18(21)14-10-11-19-17(13-14)22-16-8-6-9-16/h10-11,13,15-16H,2-9,12H2,1H3/t15-/m0/s1. The molecular weight excluding hydrogens is 276 g/mol. The van der Waals surface area contributed by atoms with Crippen LogP contribution < -0.4 is 4.74 Å². The zero-order chi connectivity index (χ0) is 15.4. The molecule has 4 heteroatoms. The minimum Gasteiger partial charge on any atom is -0.474 e. The van der Waals surface area contributed by atoms with E-state index in [4.69, 9.17) is 4.74 Å². The van der Waals surface area contributed by atoms with Gasteiger partial charge in [0.15, 0.2) is 0 Å². The molecule has 1 aliphatic carbocycles. The predicted molar refractivity (Wildman–Crippen MR) is 86.1 cm³/mol. The van der Waals surface area contributed by atoms with Gasteiger partial charge in [-0.2, -0.15) is 0 Å². The van der Waals surface area contributed by atoms with E-state index in [1.54, 1.807) is 6.20 Å². The Labute approximate surface area is 132 Å². The van der Waals surface area contributed by atoms with Crippen LogP contribution in [0.3, 0.4) is 0 Å². The van der Waals surface area contributed by atoms with Crippen molar-refractivity contribution in [2.75, 3.05) is 6.54 Å². The highest BCUT2D eigenvalue weighted by Crippen LogP contribution is 2.25. The number of ether oxygens (including phenoxy) is 1. The van der Waals surface area contributed by atoms with Crippen molar-refractivity contribution in [3.63, 3.8) is 0 Å². The third kappa shape index (κ3) is 3.42. The summed E-state index contributed by atoms with van der Waals surface area (Å²) in [4.78, 5) is 19.2. The molecule has 1 amide bonds. The molecule has 1 atom stereocenters. The summed E-state index contributed by atoms with van der Waals surface area (Å²) in [6.07, 6.45) is 11.1. The van der Waals surface area contributed by atoms with Gasteiger partial charge in [-0.05, 0) is 44.6 Å². The highest BCUT2D eigenvalue weighted by atomic mass is 16.5. The first-order valence-electron chi connectivity index (χ1n) is 8.71. The fourth-order valence-corrected chi connectivity index (χ4v) is 3.30. The molecule has 2 fully saturated rings. The largest absolute Gasteiger partial charge is 0.474 e. The van der Waals surface area contributed by atoms with Gasteiger partial charge in [-0.3, -0.25) is 4.79 Å². The first-order chi connectivity index (χ1) is 10.8. The Bertz CT molecular complexity index is 514. The number of aromatic nitrogens is 1. The number of pyridine rings is 1. The molecular formula is C18H26N2O2.